The van der Waals surface area contributed by atoms with Gasteiger partial charge in [-0.2, -0.15) is 0 Å². The molecule has 0 spiro atoms. The molecule has 0 radical (unpaired) electrons. The molecule has 4 rings (SSSR count). The van der Waals surface area contributed by atoms with Crippen molar-refractivity contribution in [1.82, 2.24) is 9.36 Å². The Hall–Kier alpha value is -3.67. The van der Waals surface area contributed by atoms with Crippen molar-refractivity contribution < 1.29 is 0 Å². The highest BCUT2D eigenvalue weighted by Gasteiger charge is 2.32. The van der Waals surface area contributed by atoms with E-state index < -0.39 is 10.9 Å². The van der Waals surface area contributed by atoms with E-state index in [0.717, 1.165) is 5.69 Å². The van der Waals surface area contributed by atoms with E-state index in [2.05, 4.69) is 0 Å². The van der Waals surface area contributed by atoms with Crippen LogP contribution in [-0.4, -0.2) is 15.9 Å². The van der Waals surface area contributed by atoms with Crippen LogP contribution in [0.2, 0.25) is 0 Å². The first-order valence-corrected chi connectivity index (χ1v) is 9.47. The first-order valence-electron chi connectivity index (χ1n) is 9.47. The predicted molar refractivity (Wildman–Crippen MR) is 115 cm³/mol. The van der Waals surface area contributed by atoms with Crippen LogP contribution in [0.1, 0.15) is 12.6 Å². The van der Waals surface area contributed by atoms with E-state index in [1.807, 2.05) is 67.6 Å². The number of benzene rings is 2. The quantitative estimate of drug-likeness (QED) is 0.494. The zero-order valence-electron chi connectivity index (χ0n) is 16.5. The minimum Gasteiger partial charge on any atom is -0.338 e. The van der Waals surface area contributed by atoms with Gasteiger partial charge in [0, 0.05) is 25.0 Å². The summed E-state index contributed by atoms with van der Waals surface area (Å²) in [6, 6.07) is 18.6. The Kier molecular flexibility index (Phi) is 4.54. The van der Waals surface area contributed by atoms with Gasteiger partial charge in [-0.15, -0.1) is 0 Å². The lowest BCUT2D eigenvalue weighted by Crippen LogP contribution is -2.41. The molecule has 0 amide bonds. The van der Waals surface area contributed by atoms with Crippen LogP contribution < -0.4 is 21.3 Å². The third-order valence-corrected chi connectivity index (χ3v) is 5.34. The van der Waals surface area contributed by atoms with Gasteiger partial charge in [0.25, 0.3) is 11.0 Å². The molecule has 0 saturated carbocycles. The molecule has 146 valence electrons. The van der Waals surface area contributed by atoms with Crippen molar-refractivity contribution in [2.75, 3.05) is 11.4 Å². The minimum atomic E-state index is -0.611. The van der Waals surface area contributed by atoms with Gasteiger partial charge >= 0.3 is 0 Å². The third-order valence-electron chi connectivity index (χ3n) is 5.34. The van der Waals surface area contributed by atoms with Gasteiger partial charge in [-0.1, -0.05) is 36.4 Å². The van der Waals surface area contributed by atoms with Crippen LogP contribution >= 0.6 is 0 Å². The van der Waals surface area contributed by atoms with Gasteiger partial charge in [0.1, 0.15) is 5.69 Å². The second-order valence-corrected chi connectivity index (χ2v) is 6.90. The zero-order chi connectivity index (χ0) is 20.7. The van der Waals surface area contributed by atoms with Gasteiger partial charge in [-0.3, -0.25) is 19.1 Å². The van der Waals surface area contributed by atoms with Crippen molar-refractivity contribution in [1.29, 1.82) is 0 Å². The number of para-hydroxylation sites is 2. The average molecular weight is 387 g/mol. The molecule has 4 aromatic rings. The van der Waals surface area contributed by atoms with Crippen LogP contribution in [0.3, 0.4) is 0 Å². The number of hydrogen-bond donors (Lipinski definition) is 0. The molecule has 0 bridgehead atoms. The second-order valence-electron chi connectivity index (χ2n) is 6.90. The molecule has 0 fully saturated rings. The van der Waals surface area contributed by atoms with E-state index in [1.165, 1.54) is 4.68 Å². The van der Waals surface area contributed by atoms with Gasteiger partial charge < -0.3 is 4.90 Å². The van der Waals surface area contributed by atoms with E-state index in [-0.39, 0.29) is 22.4 Å². The molecule has 0 aliphatic rings. The Bertz CT molecular complexity index is 1310. The molecular weight excluding hydrogens is 366 g/mol. The van der Waals surface area contributed by atoms with Gasteiger partial charge in [-0.05, 0) is 38.1 Å². The maximum Gasteiger partial charge on any atom is 0.279 e. The fourth-order valence-electron chi connectivity index (χ4n) is 3.80. The Labute approximate surface area is 167 Å². The second kappa shape index (κ2) is 7.05. The lowest BCUT2D eigenvalue weighted by atomic mass is 9.97. The maximum absolute atomic E-state index is 13.3. The van der Waals surface area contributed by atoms with Crippen molar-refractivity contribution in [2.24, 2.45) is 7.05 Å². The summed E-state index contributed by atoms with van der Waals surface area (Å²) in [4.78, 5) is 40.2. The highest BCUT2D eigenvalue weighted by molar-refractivity contribution is 5.86. The van der Waals surface area contributed by atoms with Gasteiger partial charge in [-0.25, -0.2) is 4.68 Å². The molecule has 6 heteroatoms. The molecular formula is C23H21N3O3. The highest BCUT2D eigenvalue weighted by Crippen LogP contribution is 2.32. The van der Waals surface area contributed by atoms with Crippen molar-refractivity contribution in [3.63, 3.8) is 0 Å². The molecule has 0 saturated heterocycles. The van der Waals surface area contributed by atoms with E-state index in [9.17, 15) is 14.4 Å². The van der Waals surface area contributed by atoms with Gasteiger partial charge in [0.2, 0.25) is 5.43 Å². The number of nitrogens with zero attached hydrogens (tertiary/aromatic N) is 3. The van der Waals surface area contributed by atoms with Crippen LogP contribution in [0.5, 0.6) is 0 Å². The molecule has 0 unspecified atom stereocenters. The largest absolute Gasteiger partial charge is 0.338 e. The summed E-state index contributed by atoms with van der Waals surface area (Å²) < 4.78 is 3.23. The fraction of sp³-hybridized carbons (Fsp3) is 0.174. The van der Waals surface area contributed by atoms with Crippen LogP contribution in [0.4, 0.5) is 11.4 Å². The van der Waals surface area contributed by atoms with E-state index >= 15 is 0 Å². The van der Waals surface area contributed by atoms with Crippen LogP contribution in [-0.2, 0) is 7.05 Å². The summed E-state index contributed by atoms with van der Waals surface area (Å²) in [6.45, 7) is 4.20. The monoisotopic (exact) mass is 387 g/mol. The third kappa shape index (κ3) is 2.76. The number of rotatable bonds is 5. The molecule has 0 N–H and O–H groups in total. The van der Waals surface area contributed by atoms with E-state index in [4.69, 9.17) is 0 Å². The summed E-state index contributed by atoms with van der Waals surface area (Å²) in [5.74, 6) is 0. The van der Waals surface area contributed by atoms with Crippen LogP contribution in [0, 0.1) is 6.92 Å². The van der Waals surface area contributed by atoms with Crippen LogP contribution in [0.15, 0.2) is 75.0 Å². The standard InChI is InChI=1S/C23H21N3O3/c1-4-25(16-11-7-5-8-12-16)20-19(21(27)22(20)28)18-15(2)24(3)26(23(18)29)17-13-9-6-10-14-17/h5-14H,4H2,1-3H3. The van der Waals surface area contributed by atoms with E-state index in [0.29, 0.717) is 17.9 Å². The Balaban J connectivity index is 1.95. The maximum atomic E-state index is 13.3. The van der Waals surface area contributed by atoms with Gasteiger partial charge in [0.15, 0.2) is 0 Å². The zero-order valence-corrected chi connectivity index (χ0v) is 16.5. The number of anilines is 2. The van der Waals surface area contributed by atoms with Crippen molar-refractivity contribution in [3.05, 3.63) is 97.2 Å². The normalized spacial score (nSPS) is 11.1. The van der Waals surface area contributed by atoms with Crippen molar-refractivity contribution >= 4 is 11.4 Å². The number of aromatic nitrogens is 2. The first-order chi connectivity index (χ1) is 14.0. The Morgan fingerprint density at radius 2 is 1.41 bits per heavy atom. The fourth-order valence-corrected chi connectivity index (χ4v) is 3.80. The topological polar surface area (TPSA) is 64.3 Å². The molecule has 1 aromatic heterocycles. The summed E-state index contributed by atoms with van der Waals surface area (Å²) in [5.41, 5.74) is 1.43. The molecule has 0 atom stereocenters. The highest BCUT2D eigenvalue weighted by atomic mass is 16.2. The first kappa shape index (κ1) is 18.7. The minimum absolute atomic E-state index is 0.202. The van der Waals surface area contributed by atoms with Gasteiger partial charge in [0.05, 0.1) is 16.8 Å². The molecule has 0 aliphatic carbocycles. The summed E-state index contributed by atoms with van der Waals surface area (Å²) >= 11 is 0. The predicted octanol–water partition coefficient (Wildman–Crippen LogP) is 2.91. The summed E-state index contributed by atoms with van der Waals surface area (Å²) in [5, 5.41) is 0. The molecule has 29 heavy (non-hydrogen) atoms. The summed E-state index contributed by atoms with van der Waals surface area (Å²) in [7, 11) is 1.77. The number of hydrogen-bond acceptors (Lipinski definition) is 4. The Morgan fingerprint density at radius 3 is 2.00 bits per heavy atom. The smallest absolute Gasteiger partial charge is 0.279 e. The average Bonchev–Trinajstić information content (AvgIpc) is 2.97. The SMILES string of the molecule is CCN(c1ccccc1)c1c(-c2c(C)n(C)n(-c3ccccc3)c2=O)c(=O)c1=O. The van der Waals surface area contributed by atoms with E-state index in [1.54, 1.807) is 23.6 Å². The van der Waals surface area contributed by atoms with Crippen LogP contribution in [0.25, 0.3) is 16.8 Å². The lowest BCUT2D eigenvalue weighted by Gasteiger charge is -2.26. The molecule has 6 nitrogen and oxygen atoms in total. The van der Waals surface area contributed by atoms with Crippen molar-refractivity contribution in [3.8, 4) is 16.8 Å². The lowest BCUT2D eigenvalue weighted by molar-refractivity contribution is 0.630. The molecule has 0 aliphatic heterocycles. The van der Waals surface area contributed by atoms with Crippen molar-refractivity contribution in [2.45, 2.75) is 13.8 Å². The molecule has 1 heterocycles. The Morgan fingerprint density at radius 1 is 0.828 bits per heavy atom. The molecule has 3 aromatic carbocycles. The summed E-state index contributed by atoms with van der Waals surface area (Å²) in [6.07, 6.45) is 0.